The van der Waals surface area contributed by atoms with E-state index < -0.39 is 28.3 Å². The Balaban J connectivity index is 1.66. The number of carbonyl (C=O) groups excluding carboxylic acids is 1. The predicted molar refractivity (Wildman–Crippen MR) is 118 cm³/mol. The number of aryl methyl sites for hydroxylation is 1. The van der Waals surface area contributed by atoms with E-state index in [1.165, 1.54) is 30.3 Å². The van der Waals surface area contributed by atoms with Gasteiger partial charge in [0.2, 0.25) is 5.91 Å². The van der Waals surface area contributed by atoms with Crippen LogP contribution in [0, 0.1) is 12.7 Å². The van der Waals surface area contributed by atoms with Crippen LogP contribution in [0.25, 0.3) is 0 Å². The van der Waals surface area contributed by atoms with E-state index in [2.05, 4.69) is 5.32 Å². The summed E-state index contributed by atoms with van der Waals surface area (Å²) in [5.74, 6) is -0.310. The minimum absolute atomic E-state index is 0.0748. The largest absolute Gasteiger partial charge is 0.486 e. The molecule has 0 saturated heterocycles. The van der Waals surface area contributed by atoms with Crippen molar-refractivity contribution in [2.45, 2.75) is 11.8 Å². The molecule has 9 heteroatoms. The van der Waals surface area contributed by atoms with Gasteiger partial charge in [-0.3, -0.25) is 9.10 Å². The van der Waals surface area contributed by atoms with Crippen molar-refractivity contribution in [3.8, 4) is 11.5 Å². The molecule has 0 radical (unpaired) electrons. The molecule has 0 saturated carbocycles. The standard InChI is InChI=1S/C23H21FN2O5S/c1-16-2-6-18(7-3-16)25-23(27)15-26(19-8-4-17(24)5-9-19)32(28,29)20-10-11-21-22(14-20)31-13-12-30-21/h2-11,14H,12-13,15H2,1H3,(H,25,27). The molecule has 1 aliphatic rings. The summed E-state index contributed by atoms with van der Waals surface area (Å²) in [6.07, 6.45) is 0. The SMILES string of the molecule is Cc1ccc(NC(=O)CN(c2ccc(F)cc2)S(=O)(=O)c2ccc3c(c2)OCCO3)cc1. The number of rotatable bonds is 6. The first-order chi connectivity index (χ1) is 15.3. The number of halogens is 1. The molecule has 0 spiro atoms. The molecule has 0 aliphatic carbocycles. The fourth-order valence-corrected chi connectivity index (χ4v) is 4.64. The molecule has 1 N–H and O–H groups in total. The summed E-state index contributed by atoms with van der Waals surface area (Å²) in [7, 11) is -4.18. The van der Waals surface area contributed by atoms with Crippen LogP contribution >= 0.6 is 0 Å². The highest BCUT2D eigenvalue weighted by atomic mass is 32.2. The summed E-state index contributed by atoms with van der Waals surface area (Å²) in [6.45, 7) is 2.09. The van der Waals surface area contributed by atoms with Gasteiger partial charge in [-0.15, -0.1) is 0 Å². The van der Waals surface area contributed by atoms with Gasteiger partial charge in [-0.2, -0.15) is 0 Å². The van der Waals surface area contributed by atoms with Gasteiger partial charge in [0.25, 0.3) is 10.0 Å². The Morgan fingerprint density at radius 2 is 1.62 bits per heavy atom. The van der Waals surface area contributed by atoms with E-state index in [-0.39, 0.29) is 10.6 Å². The minimum atomic E-state index is -4.18. The van der Waals surface area contributed by atoms with Crippen molar-refractivity contribution in [3.05, 3.63) is 78.1 Å². The number of ether oxygens (including phenoxy) is 2. The quantitative estimate of drug-likeness (QED) is 0.611. The maximum Gasteiger partial charge on any atom is 0.264 e. The molecule has 1 amide bonds. The van der Waals surface area contributed by atoms with Crippen LogP contribution in [-0.4, -0.2) is 34.1 Å². The van der Waals surface area contributed by atoms with E-state index in [0.717, 1.165) is 22.0 Å². The Kier molecular flexibility index (Phi) is 6.00. The molecular formula is C23H21FN2O5S. The molecule has 0 aromatic heterocycles. The second-order valence-corrected chi connectivity index (χ2v) is 9.07. The van der Waals surface area contributed by atoms with Crippen LogP contribution in [0.15, 0.2) is 71.6 Å². The normalized spacial score (nSPS) is 12.8. The van der Waals surface area contributed by atoms with E-state index in [1.54, 1.807) is 12.1 Å². The van der Waals surface area contributed by atoms with Crippen LogP contribution in [0.2, 0.25) is 0 Å². The summed E-state index contributed by atoms with van der Waals surface area (Å²) in [6, 6.07) is 16.3. The van der Waals surface area contributed by atoms with E-state index in [1.807, 2.05) is 19.1 Å². The van der Waals surface area contributed by atoms with E-state index in [0.29, 0.717) is 30.4 Å². The molecule has 1 heterocycles. The monoisotopic (exact) mass is 456 g/mol. The van der Waals surface area contributed by atoms with Crippen molar-refractivity contribution in [2.24, 2.45) is 0 Å². The second kappa shape index (κ2) is 8.88. The van der Waals surface area contributed by atoms with Gasteiger partial charge in [0.05, 0.1) is 10.6 Å². The number of anilines is 2. The fraction of sp³-hybridized carbons (Fsp3) is 0.174. The fourth-order valence-electron chi connectivity index (χ4n) is 3.20. The average molecular weight is 456 g/mol. The van der Waals surface area contributed by atoms with Gasteiger partial charge in [-0.1, -0.05) is 17.7 Å². The highest BCUT2D eigenvalue weighted by Gasteiger charge is 2.29. The van der Waals surface area contributed by atoms with Crippen LogP contribution in [-0.2, 0) is 14.8 Å². The van der Waals surface area contributed by atoms with Crippen LogP contribution in [0.1, 0.15) is 5.56 Å². The lowest BCUT2D eigenvalue weighted by molar-refractivity contribution is -0.114. The van der Waals surface area contributed by atoms with E-state index >= 15 is 0 Å². The molecule has 7 nitrogen and oxygen atoms in total. The lowest BCUT2D eigenvalue weighted by atomic mass is 10.2. The minimum Gasteiger partial charge on any atom is -0.486 e. The smallest absolute Gasteiger partial charge is 0.264 e. The molecule has 3 aromatic rings. The molecule has 0 bridgehead atoms. The molecule has 3 aromatic carbocycles. The predicted octanol–water partition coefficient (Wildman–Crippen LogP) is 3.74. The second-order valence-electron chi connectivity index (χ2n) is 7.21. The van der Waals surface area contributed by atoms with Gasteiger partial charge in [-0.05, 0) is 55.5 Å². The number of benzene rings is 3. The molecule has 32 heavy (non-hydrogen) atoms. The van der Waals surface area contributed by atoms with E-state index in [4.69, 9.17) is 9.47 Å². The summed E-state index contributed by atoms with van der Waals surface area (Å²) in [4.78, 5) is 12.6. The van der Waals surface area contributed by atoms with Gasteiger partial charge in [0, 0.05) is 11.8 Å². The average Bonchev–Trinajstić information content (AvgIpc) is 2.79. The number of fused-ring (bicyclic) bond motifs is 1. The lowest BCUT2D eigenvalue weighted by Gasteiger charge is -2.25. The first-order valence-electron chi connectivity index (χ1n) is 9.87. The highest BCUT2D eigenvalue weighted by Crippen LogP contribution is 2.34. The number of nitrogens with one attached hydrogen (secondary N) is 1. The Morgan fingerprint density at radius 1 is 0.969 bits per heavy atom. The van der Waals surface area contributed by atoms with Crippen molar-refractivity contribution in [2.75, 3.05) is 29.4 Å². The van der Waals surface area contributed by atoms with Gasteiger partial charge in [0.15, 0.2) is 11.5 Å². The lowest BCUT2D eigenvalue weighted by Crippen LogP contribution is -2.38. The highest BCUT2D eigenvalue weighted by molar-refractivity contribution is 7.92. The first kappa shape index (κ1) is 21.6. The Morgan fingerprint density at radius 3 is 2.31 bits per heavy atom. The van der Waals surface area contributed by atoms with Gasteiger partial charge in [-0.25, -0.2) is 12.8 Å². The zero-order valence-electron chi connectivity index (χ0n) is 17.2. The molecule has 4 rings (SSSR count). The zero-order chi connectivity index (χ0) is 22.7. The molecule has 0 fully saturated rings. The third-order valence-corrected chi connectivity index (χ3v) is 6.61. The molecule has 0 unspecified atom stereocenters. The van der Waals surface area contributed by atoms with Crippen molar-refractivity contribution in [3.63, 3.8) is 0 Å². The third kappa shape index (κ3) is 4.67. The summed E-state index contributed by atoms with van der Waals surface area (Å²) in [5, 5.41) is 2.69. The van der Waals surface area contributed by atoms with Crippen LogP contribution in [0.3, 0.4) is 0 Å². The van der Waals surface area contributed by atoms with E-state index in [9.17, 15) is 17.6 Å². The van der Waals surface area contributed by atoms with Gasteiger partial charge in [0.1, 0.15) is 25.6 Å². The van der Waals surface area contributed by atoms with Crippen LogP contribution < -0.4 is 19.1 Å². The van der Waals surface area contributed by atoms with Crippen molar-refractivity contribution in [1.82, 2.24) is 0 Å². The zero-order valence-corrected chi connectivity index (χ0v) is 18.1. The Hall–Kier alpha value is -3.59. The molecular weight excluding hydrogens is 435 g/mol. The van der Waals surface area contributed by atoms with Crippen molar-refractivity contribution in [1.29, 1.82) is 0 Å². The maximum absolute atomic E-state index is 13.5. The Bertz CT molecular complexity index is 1230. The number of carbonyl (C=O) groups is 1. The summed E-state index contributed by atoms with van der Waals surface area (Å²) < 4.78 is 52.3. The molecule has 0 atom stereocenters. The third-order valence-electron chi connectivity index (χ3n) is 4.84. The first-order valence-corrected chi connectivity index (χ1v) is 11.3. The van der Waals surface area contributed by atoms with Crippen molar-refractivity contribution >= 4 is 27.3 Å². The van der Waals surface area contributed by atoms with Gasteiger partial charge < -0.3 is 14.8 Å². The Labute approximate surface area is 185 Å². The summed E-state index contributed by atoms with van der Waals surface area (Å²) in [5.41, 5.74) is 1.72. The number of nitrogens with zero attached hydrogens (tertiary/aromatic N) is 1. The number of hydrogen-bond acceptors (Lipinski definition) is 5. The number of amides is 1. The van der Waals surface area contributed by atoms with Crippen LogP contribution in [0.5, 0.6) is 11.5 Å². The number of hydrogen-bond donors (Lipinski definition) is 1. The van der Waals surface area contributed by atoms with Crippen molar-refractivity contribution < 1.29 is 27.1 Å². The molecule has 166 valence electrons. The van der Waals surface area contributed by atoms with Gasteiger partial charge >= 0.3 is 0 Å². The van der Waals surface area contributed by atoms with Crippen LogP contribution in [0.4, 0.5) is 15.8 Å². The molecule has 1 aliphatic heterocycles. The summed E-state index contributed by atoms with van der Waals surface area (Å²) >= 11 is 0. The maximum atomic E-state index is 13.5. The topological polar surface area (TPSA) is 84.9 Å². The number of sulfonamides is 1.